The Labute approximate surface area is 175 Å². The second-order valence-electron chi connectivity index (χ2n) is 7.36. The highest BCUT2D eigenvalue weighted by atomic mass is 16.6. The van der Waals surface area contributed by atoms with Gasteiger partial charge in [-0.25, -0.2) is 4.79 Å². The van der Waals surface area contributed by atoms with Crippen LogP contribution in [-0.4, -0.2) is 38.2 Å². The summed E-state index contributed by atoms with van der Waals surface area (Å²) in [4.78, 5) is 24.9. The lowest BCUT2D eigenvalue weighted by Crippen LogP contribution is -2.23. The van der Waals surface area contributed by atoms with E-state index < -0.39 is 12.1 Å². The van der Waals surface area contributed by atoms with Gasteiger partial charge in [0, 0.05) is 11.6 Å². The van der Waals surface area contributed by atoms with Gasteiger partial charge in [0.15, 0.2) is 17.6 Å². The number of methoxy groups -OCH3 is 1. The highest BCUT2D eigenvalue weighted by Crippen LogP contribution is 2.40. The van der Waals surface area contributed by atoms with Crippen molar-refractivity contribution >= 4 is 17.8 Å². The van der Waals surface area contributed by atoms with E-state index in [1.165, 1.54) is 17.2 Å². The van der Waals surface area contributed by atoms with E-state index in [9.17, 15) is 9.59 Å². The van der Waals surface area contributed by atoms with Crippen LogP contribution < -0.4 is 14.2 Å². The van der Waals surface area contributed by atoms with Crippen molar-refractivity contribution in [1.82, 2.24) is 0 Å². The number of carbonyl (C=O) groups is 2. The van der Waals surface area contributed by atoms with E-state index in [2.05, 4.69) is 0 Å². The summed E-state index contributed by atoms with van der Waals surface area (Å²) in [6.07, 6.45) is 5.19. The Morgan fingerprint density at radius 1 is 1.07 bits per heavy atom. The predicted octanol–water partition coefficient (Wildman–Crippen LogP) is 3.78. The van der Waals surface area contributed by atoms with Gasteiger partial charge in [0.05, 0.1) is 7.11 Å². The molecule has 6 heteroatoms. The van der Waals surface area contributed by atoms with Crippen LogP contribution in [0.4, 0.5) is 0 Å². The number of carbonyl (C=O) groups excluding carboxylic acids is 2. The van der Waals surface area contributed by atoms with Crippen molar-refractivity contribution in [2.24, 2.45) is 0 Å². The maximum atomic E-state index is 12.6. The van der Waals surface area contributed by atoms with Gasteiger partial charge >= 0.3 is 5.97 Å². The van der Waals surface area contributed by atoms with Crippen LogP contribution in [0.25, 0.3) is 6.08 Å². The summed E-state index contributed by atoms with van der Waals surface area (Å²) in [5.41, 5.74) is 3.79. The molecule has 0 spiro atoms. The number of esters is 1. The van der Waals surface area contributed by atoms with E-state index >= 15 is 0 Å². The lowest BCUT2D eigenvalue weighted by atomic mass is 10.0. The monoisotopic (exact) mass is 408 g/mol. The molecule has 6 nitrogen and oxygen atoms in total. The molecule has 1 heterocycles. The highest BCUT2D eigenvalue weighted by molar-refractivity contribution is 6.01. The smallest absolute Gasteiger partial charge is 0.331 e. The summed E-state index contributed by atoms with van der Waals surface area (Å²) in [6.45, 7) is 2.50. The molecule has 1 aliphatic heterocycles. The number of ketones is 1. The summed E-state index contributed by atoms with van der Waals surface area (Å²) in [7, 11) is 1.54. The normalized spacial score (nSPS) is 15.5. The van der Waals surface area contributed by atoms with Crippen LogP contribution in [0.1, 0.15) is 40.4 Å². The largest absolute Gasteiger partial charge is 0.493 e. The van der Waals surface area contributed by atoms with Crippen LogP contribution in [0.5, 0.6) is 17.2 Å². The standard InChI is InChI=1S/C24H24O6/c1-15(23(26)19-8-7-17-4-3-5-18(17)14-19)30-22(25)9-6-16-12-20(27-2)24-21(13-16)28-10-11-29-24/h6-9,12-15H,3-5,10-11H2,1-2H3/b9-6+/t15-/m1/s1. The summed E-state index contributed by atoms with van der Waals surface area (Å²) in [5, 5.41) is 0. The van der Waals surface area contributed by atoms with Crippen molar-refractivity contribution < 1.29 is 28.5 Å². The molecule has 0 saturated carbocycles. The van der Waals surface area contributed by atoms with Crippen LogP contribution in [0.15, 0.2) is 36.4 Å². The van der Waals surface area contributed by atoms with Crippen LogP contribution in [0.2, 0.25) is 0 Å². The average molecular weight is 408 g/mol. The Morgan fingerprint density at radius 3 is 2.70 bits per heavy atom. The lowest BCUT2D eigenvalue weighted by molar-refractivity contribution is -0.140. The molecule has 0 aromatic heterocycles. The first-order valence-corrected chi connectivity index (χ1v) is 10.1. The van der Waals surface area contributed by atoms with Gasteiger partial charge in [0.2, 0.25) is 11.5 Å². The number of hydrogen-bond acceptors (Lipinski definition) is 6. The third-order valence-electron chi connectivity index (χ3n) is 5.31. The Bertz CT molecular complexity index is 990. The van der Waals surface area contributed by atoms with Crippen molar-refractivity contribution in [1.29, 1.82) is 0 Å². The molecule has 0 bridgehead atoms. The van der Waals surface area contributed by atoms with Crippen molar-refractivity contribution in [3.8, 4) is 17.2 Å². The Kier molecular flexibility index (Phi) is 5.74. The van der Waals surface area contributed by atoms with Gasteiger partial charge in [-0.05, 0) is 67.2 Å². The van der Waals surface area contributed by atoms with Crippen molar-refractivity contribution in [3.63, 3.8) is 0 Å². The quantitative estimate of drug-likeness (QED) is 0.412. The van der Waals surface area contributed by atoms with Gasteiger partial charge in [-0.2, -0.15) is 0 Å². The molecule has 2 aliphatic rings. The average Bonchev–Trinajstić information content (AvgIpc) is 3.24. The third-order valence-corrected chi connectivity index (χ3v) is 5.31. The minimum Gasteiger partial charge on any atom is -0.493 e. The number of fused-ring (bicyclic) bond motifs is 2. The molecule has 1 atom stereocenters. The minimum atomic E-state index is -0.864. The summed E-state index contributed by atoms with van der Waals surface area (Å²) >= 11 is 0. The third kappa shape index (κ3) is 4.17. The number of ether oxygens (including phenoxy) is 4. The molecular weight excluding hydrogens is 384 g/mol. The number of rotatable bonds is 6. The number of hydrogen-bond donors (Lipinski definition) is 0. The molecule has 0 fully saturated rings. The topological polar surface area (TPSA) is 71.1 Å². The molecule has 156 valence electrons. The molecule has 0 unspecified atom stereocenters. The highest BCUT2D eigenvalue weighted by Gasteiger charge is 2.21. The van der Waals surface area contributed by atoms with E-state index in [-0.39, 0.29) is 5.78 Å². The van der Waals surface area contributed by atoms with Gasteiger partial charge in [0.1, 0.15) is 13.2 Å². The maximum Gasteiger partial charge on any atom is 0.331 e. The number of aryl methyl sites for hydroxylation is 2. The molecule has 0 radical (unpaired) electrons. The SMILES string of the molecule is COc1cc(/C=C/C(=O)O[C@H](C)C(=O)c2ccc3c(c2)CCC3)cc2c1OCCO2. The molecule has 4 rings (SSSR count). The van der Waals surface area contributed by atoms with Crippen LogP contribution in [-0.2, 0) is 22.4 Å². The molecule has 2 aromatic carbocycles. The zero-order valence-corrected chi connectivity index (χ0v) is 17.1. The number of Topliss-reactive ketones (excluding diaryl/α,β-unsaturated/α-hetero) is 1. The fourth-order valence-electron chi connectivity index (χ4n) is 3.78. The van der Waals surface area contributed by atoms with Crippen LogP contribution >= 0.6 is 0 Å². The molecule has 1 aliphatic carbocycles. The first-order chi connectivity index (χ1) is 14.5. The molecule has 2 aromatic rings. The molecule has 30 heavy (non-hydrogen) atoms. The first kappa shape index (κ1) is 20.0. The molecule has 0 saturated heterocycles. The van der Waals surface area contributed by atoms with Gasteiger partial charge in [-0.1, -0.05) is 12.1 Å². The van der Waals surface area contributed by atoms with Crippen molar-refractivity contribution in [2.45, 2.75) is 32.3 Å². The van der Waals surface area contributed by atoms with Crippen LogP contribution in [0.3, 0.4) is 0 Å². The summed E-state index contributed by atoms with van der Waals surface area (Å²) in [6, 6.07) is 9.25. The predicted molar refractivity (Wildman–Crippen MR) is 111 cm³/mol. The first-order valence-electron chi connectivity index (χ1n) is 10.1. The van der Waals surface area contributed by atoms with Crippen molar-refractivity contribution in [2.75, 3.05) is 20.3 Å². The van der Waals surface area contributed by atoms with Gasteiger partial charge in [-0.3, -0.25) is 4.79 Å². The maximum absolute atomic E-state index is 12.6. The van der Waals surface area contributed by atoms with Gasteiger partial charge in [0.25, 0.3) is 0 Å². The van der Waals surface area contributed by atoms with Gasteiger partial charge < -0.3 is 18.9 Å². The molecule has 0 N–H and O–H groups in total. The fourth-order valence-corrected chi connectivity index (χ4v) is 3.78. The van der Waals surface area contributed by atoms with Gasteiger partial charge in [-0.15, -0.1) is 0 Å². The minimum absolute atomic E-state index is 0.201. The Balaban J connectivity index is 1.41. The zero-order valence-electron chi connectivity index (χ0n) is 17.1. The van der Waals surface area contributed by atoms with E-state index in [1.54, 1.807) is 32.2 Å². The van der Waals surface area contributed by atoms with E-state index in [0.717, 1.165) is 19.3 Å². The van der Waals surface area contributed by atoms with Crippen LogP contribution in [0, 0.1) is 0 Å². The second kappa shape index (κ2) is 8.61. The van der Waals surface area contributed by atoms with E-state index in [0.29, 0.717) is 41.6 Å². The van der Waals surface area contributed by atoms with Crippen molar-refractivity contribution in [3.05, 3.63) is 58.7 Å². The van der Waals surface area contributed by atoms with E-state index in [4.69, 9.17) is 18.9 Å². The Morgan fingerprint density at radius 2 is 1.87 bits per heavy atom. The van der Waals surface area contributed by atoms with E-state index in [1.807, 2.05) is 18.2 Å². The zero-order chi connectivity index (χ0) is 21.1. The summed E-state index contributed by atoms with van der Waals surface area (Å²) < 4.78 is 21.8. The fraction of sp³-hybridized carbons (Fsp3) is 0.333. The lowest BCUT2D eigenvalue weighted by Gasteiger charge is -2.20. The summed E-state index contributed by atoms with van der Waals surface area (Å²) in [5.74, 6) is 0.851. The Hall–Kier alpha value is -3.28. The molecular formula is C24H24O6. The molecule has 0 amide bonds. The number of benzene rings is 2. The second-order valence-corrected chi connectivity index (χ2v) is 7.36.